The lowest BCUT2D eigenvalue weighted by Gasteiger charge is -2.50. The summed E-state index contributed by atoms with van der Waals surface area (Å²) in [5, 5.41) is 2.22. The van der Waals surface area contributed by atoms with Crippen molar-refractivity contribution in [3.05, 3.63) is 47.7 Å². The lowest BCUT2D eigenvalue weighted by molar-refractivity contribution is -0.138. The number of alkyl halides is 5. The van der Waals surface area contributed by atoms with Crippen molar-refractivity contribution < 1.29 is 39.6 Å². The van der Waals surface area contributed by atoms with Crippen molar-refractivity contribution in [3.8, 4) is 0 Å². The molecule has 38 heavy (non-hydrogen) atoms. The van der Waals surface area contributed by atoms with Gasteiger partial charge in [0, 0.05) is 64.3 Å². The van der Waals surface area contributed by atoms with E-state index < -0.39 is 63.4 Å². The van der Waals surface area contributed by atoms with Crippen LogP contribution in [0.3, 0.4) is 0 Å². The lowest BCUT2D eigenvalue weighted by Crippen LogP contribution is -2.63. The largest absolute Gasteiger partial charge is 0.417 e. The zero-order chi connectivity index (χ0) is 27.9. The highest BCUT2D eigenvalue weighted by Gasteiger charge is 2.48. The van der Waals surface area contributed by atoms with Gasteiger partial charge in [-0.1, -0.05) is 6.07 Å². The zero-order valence-electron chi connectivity index (χ0n) is 20.4. The molecule has 0 radical (unpaired) electrons. The van der Waals surface area contributed by atoms with Gasteiger partial charge >= 0.3 is 6.18 Å². The van der Waals surface area contributed by atoms with Crippen LogP contribution in [-0.4, -0.2) is 77.3 Å². The molecule has 15 heteroatoms. The molecule has 2 heterocycles. The Labute approximate surface area is 215 Å². The smallest absolute Gasteiger partial charge is 0.350 e. The summed E-state index contributed by atoms with van der Waals surface area (Å²) < 4.78 is 111. The van der Waals surface area contributed by atoms with Gasteiger partial charge in [0.15, 0.2) is 5.03 Å². The van der Waals surface area contributed by atoms with E-state index in [-0.39, 0.29) is 50.6 Å². The Morgan fingerprint density at radius 3 is 2.26 bits per heavy atom. The molecule has 8 nitrogen and oxygen atoms in total. The van der Waals surface area contributed by atoms with Gasteiger partial charge in [-0.2, -0.15) is 17.5 Å². The van der Waals surface area contributed by atoms with E-state index in [2.05, 4.69) is 10.3 Å². The zero-order valence-corrected chi connectivity index (χ0v) is 21.3. The van der Waals surface area contributed by atoms with E-state index in [4.69, 9.17) is 0 Å². The Morgan fingerprint density at radius 2 is 1.71 bits per heavy atom. The van der Waals surface area contributed by atoms with E-state index >= 15 is 0 Å². The van der Waals surface area contributed by atoms with Gasteiger partial charge in [-0.25, -0.2) is 26.6 Å². The number of nitrogens with zero attached hydrogens (tertiary/aromatic N) is 4. The first-order chi connectivity index (χ1) is 17.6. The molecule has 1 aromatic carbocycles. The molecule has 2 aliphatic rings. The summed E-state index contributed by atoms with van der Waals surface area (Å²) in [6, 6.07) is 2.18. The van der Waals surface area contributed by atoms with Crippen molar-refractivity contribution in [3.63, 3.8) is 0 Å². The fraction of sp³-hybridized carbons (Fsp3) is 0.565. The maximum absolute atomic E-state index is 14.3. The standard InChI is InChI=1S/C23H27F6N5O3S/c1-32-13-18(31-15-32)38(36,37)34-11-9-33(10-12-34)21(5-7-22(25,26)8-6-21)14-30-20(35)19-16(23(27,28)29)3-2-4-17(19)24/h2-4,13,15H,5-12,14H2,1H3,(H,30,35). The average Bonchev–Trinajstić information content (AvgIpc) is 3.30. The van der Waals surface area contributed by atoms with E-state index in [1.165, 1.54) is 21.4 Å². The fourth-order valence-corrected chi connectivity index (χ4v) is 6.46. The number of halogens is 6. The van der Waals surface area contributed by atoms with E-state index in [1.807, 2.05) is 0 Å². The van der Waals surface area contributed by atoms with Gasteiger partial charge in [0.25, 0.3) is 15.9 Å². The minimum atomic E-state index is -4.98. The number of amides is 1. The van der Waals surface area contributed by atoms with Gasteiger partial charge in [0.2, 0.25) is 5.92 Å². The molecular weight excluding hydrogens is 540 g/mol. The quantitative estimate of drug-likeness (QED) is 0.542. The summed E-state index contributed by atoms with van der Waals surface area (Å²) in [7, 11) is -2.26. The van der Waals surface area contributed by atoms with Crippen LogP contribution in [0.15, 0.2) is 35.7 Å². The molecular formula is C23H27F6N5O3S. The first-order valence-electron chi connectivity index (χ1n) is 11.9. The van der Waals surface area contributed by atoms with Crippen molar-refractivity contribution in [1.29, 1.82) is 0 Å². The number of hydrogen-bond acceptors (Lipinski definition) is 5. The van der Waals surface area contributed by atoms with Gasteiger partial charge < -0.3 is 9.88 Å². The number of sulfonamides is 1. The van der Waals surface area contributed by atoms with E-state index in [0.29, 0.717) is 6.07 Å². The summed E-state index contributed by atoms with van der Waals surface area (Å²) in [6.07, 6.45) is -3.46. The second-order valence-electron chi connectivity index (χ2n) is 9.69. The minimum Gasteiger partial charge on any atom is -0.350 e. The van der Waals surface area contributed by atoms with Crippen LogP contribution in [0, 0.1) is 5.82 Å². The second kappa shape index (κ2) is 10.2. The number of rotatable bonds is 6. The number of carbonyl (C=O) groups excluding carboxylic acids is 1. The molecule has 1 aliphatic heterocycles. The molecule has 4 rings (SSSR count). The van der Waals surface area contributed by atoms with Gasteiger partial charge in [-0.15, -0.1) is 0 Å². The highest BCUT2D eigenvalue weighted by atomic mass is 32.2. The molecule has 0 bridgehead atoms. The van der Waals surface area contributed by atoms with Gasteiger partial charge in [-0.05, 0) is 25.0 Å². The number of hydrogen-bond donors (Lipinski definition) is 1. The van der Waals surface area contributed by atoms with Crippen LogP contribution >= 0.6 is 0 Å². The highest BCUT2D eigenvalue weighted by Crippen LogP contribution is 2.42. The Bertz CT molecular complexity index is 1280. The topological polar surface area (TPSA) is 87.5 Å². The molecule has 1 N–H and O–H groups in total. The summed E-state index contributed by atoms with van der Waals surface area (Å²) in [6.45, 7) is 0.0234. The molecule has 0 atom stereocenters. The summed E-state index contributed by atoms with van der Waals surface area (Å²) in [4.78, 5) is 18.4. The number of piperazine rings is 1. The average molecular weight is 568 g/mol. The predicted molar refractivity (Wildman–Crippen MR) is 123 cm³/mol. The van der Waals surface area contributed by atoms with E-state index in [1.54, 1.807) is 11.9 Å². The number of benzene rings is 1. The van der Waals surface area contributed by atoms with Crippen molar-refractivity contribution in [2.24, 2.45) is 7.05 Å². The van der Waals surface area contributed by atoms with Gasteiger partial charge in [0.1, 0.15) is 5.82 Å². The van der Waals surface area contributed by atoms with Crippen LogP contribution in [0.25, 0.3) is 0 Å². The number of imidazole rings is 1. The number of aryl methyl sites for hydroxylation is 1. The number of nitrogens with one attached hydrogen (secondary N) is 1. The summed E-state index contributed by atoms with van der Waals surface area (Å²) in [5.41, 5.74) is -3.67. The molecule has 210 valence electrons. The Morgan fingerprint density at radius 1 is 1.08 bits per heavy atom. The summed E-state index contributed by atoms with van der Waals surface area (Å²) in [5.74, 6) is -5.59. The molecule has 1 amide bonds. The number of aromatic nitrogens is 2. The molecule has 1 aliphatic carbocycles. The summed E-state index contributed by atoms with van der Waals surface area (Å²) >= 11 is 0. The first kappa shape index (κ1) is 28.4. The molecule has 1 saturated carbocycles. The lowest BCUT2D eigenvalue weighted by atomic mass is 9.78. The third kappa shape index (κ3) is 5.69. The third-order valence-electron chi connectivity index (χ3n) is 7.23. The maximum atomic E-state index is 14.3. The Kier molecular flexibility index (Phi) is 7.58. The van der Waals surface area contributed by atoms with Crippen LogP contribution in [0.5, 0.6) is 0 Å². The third-order valence-corrected chi connectivity index (χ3v) is 9.02. The van der Waals surface area contributed by atoms with Crippen molar-refractivity contribution in [2.75, 3.05) is 32.7 Å². The van der Waals surface area contributed by atoms with Crippen LogP contribution in [-0.2, 0) is 23.2 Å². The van der Waals surface area contributed by atoms with Crippen molar-refractivity contribution in [2.45, 2.75) is 48.3 Å². The van der Waals surface area contributed by atoms with E-state index in [9.17, 15) is 39.6 Å². The van der Waals surface area contributed by atoms with Crippen LogP contribution in [0.2, 0.25) is 0 Å². The predicted octanol–water partition coefficient (Wildman–Crippen LogP) is 3.26. The normalized spacial score (nSPS) is 20.8. The SMILES string of the molecule is Cn1cnc(S(=O)(=O)N2CCN(C3(CNC(=O)c4c(F)cccc4C(F)(F)F)CCC(F)(F)CC3)CC2)c1. The van der Waals surface area contributed by atoms with Crippen LogP contribution in [0.4, 0.5) is 26.3 Å². The molecule has 0 unspecified atom stereocenters. The Balaban J connectivity index is 1.52. The van der Waals surface area contributed by atoms with Crippen molar-refractivity contribution in [1.82, 2.24) is 24.1 Å². The van der Waals surface area contributed by atoms with E-state index in [0.717, 1.165) is 12.1 Å². The molecule has 0 spiro atoms. The van der Waals surface area contributed by atoms with Crippen molar-refractivity contribution >= 4 is 15.9 Å². The monoisotopic (exact) mass is 567 g/mol. The maximum Gasteiger partial charge on any atom is 0.417 e. The van der Waals surface area contributed by atoms with Gasteiger partial charge in [-0.3, -0.25) is 9.69 Å². The van der Waals surface area contributed by atoms with Gasteiger partial charge in [0.05, 0.1) is 17.5 Å². The molecule has 1 aromatic heterocycles. The first-order valence-corrected chi connectivity index (χ1v) is 13.3. The van der Waals surface area contributed by atoms with Crippen LogP contribution in [0.1, 0.15) is 41.6 Å². The number of carbonyl (C=O) groups is 1. The second-order valence-corrected chi connectivity index (χ2v) is 11.6. The fourth-order valence-electron chi connectivity index (χ4n) is 5.07. The molecule has 1 saturated heterocycles. The van der Waals surface area contributed by atoms with Crippen LogP contribution < -0.4 is 5.32 Å². The molecule has 2 aromatic rings. The molecule has 2 fully saturated rings. The highest BCUT2D eigenvalue weighted by molar-refractivity contribution is 7.89. The minimum absolute atomic E-state index is 0.0243. The Hall–Kier alpha value is -2.65.